The average Bonchev–Trinajstić information content (AvgIpc) is 3.35. The van der Waals surface area contributed by atoms with Crippen molar-refractivity contribution in [2.75, 3.05) is 12.8 Å². The van der Waals surface area contributed by atoms with Crippen molar-refractivity contribution in [2.45, 2.75) is 0 Å². The number of hydrogen-bond donors (Lipinski definition) is 1. The van der Waals surface area contributed by atoms with Gasteiger partial charge in [0.1, 0.15) is 11.8 Å². The van der Waals surface area contributed by atoms with Gasteiger partial charge in [-0.15, -0.1) is 10.2 Å². The van der Waals surface area contributed by atoms with E-state index >= 15 is 0 Å². The molecule has 5 rings (SSSR count). The van der Waals surface area contributed by atoms with Gasteiger partial charge in [0.05, 0.1) is 29.4 Å². The van der Waals surface area contributed by atoms with Crippen LogP contribution in [0.4, 0.5) is 5.69 Å². The molecule has 0 aliphatic carbocycles. The molecule has 0 aliphatic heterocycles. The number of hydrogen-bond acceptors (Lipinski definition) is 8. The number of nitrogen functional groups attached to an aromatic ring is 1. The van der Waals surface area contributed by atoms with Crippen LogP contribution in [-0.2, 0) is 0 Å². The molecule has 33 heavy (non-hydrogen) atoms. The fraction of sp³-hybridized carbons (Fsp3) is 0.0417. The van der Waals surface area contributed by atoms with E-state index in [4.69, 9.17) is 14.9 Å². The van der Waals surface area contributed by atoms with Crippen LogP contribution in [0.5, 0.6) is 5.75 Å². The number of nitrogens with zero attached hydrogens (tertiary/aromatic N) is 5. The number of benzene rings is 3. The topological polar surface area (TPSA) is 133 Å². The first kappa shape index (κ1) is 20.0. The van der Waals surface area contributed by atoms with Crippen molar-refractivity contribution in [2.24, 2.45) is 0 Å². The Hall–Kier alpha value is -4.97. The standard InChI is InChI=1S/C24H16N6O3/c1-32-17-10-8-16(9-11-17)30-24(31)19-18(12-7-15(13-25)20(19)26)21(29-30)23-28-27-22(33-23)14-5-3-2-4-6-14/h2-12H,26H2,1H3. The monoisotopic (exact) mass is 436 g/mol. The summed E-state index contributed by atoms with van der Waals surface area (Å²) in [6.45, 7) is 0. The minimum atomic E-state index is -0.476. The summed E-state index contributed by atoms with van der Waals surface area (Å²) in [4.78, 5) is 13.4. The Balaban J connectivity index is 1.79. The molecule has 2 aromatic heterocycles. The fourth-order valence-corrected chi connectivity index (χ4v) is 3.52. The second kappa shape index (κ2) is 7.94. The van der Waals surface area contributed by atoms with Crippen molar-refractivity contribution < 1.29 is 9.15 Å². The van der Waals surface area contributed by atoms with Gasteiger partial charge in [-0.05, 0) is 42.5 Å². The molecule has 0 saturated heterocycles. The Kier molecular flexibility index (Phi) is 4.80. The molecule has 0 bridgehead atoms. The maximum atomic E-state index is 13.4. The summed E-state index contributed by atoms with van der Waals surface area (Å²) in [5, 5.41) is 22.8. The molecule has 0 atom stereocenters. The molecule has 0 spiro atoms. The highest BCUT2D eigenvalue weighted by Crippen LogP contribution is 2.31. The molecule has 9 nitrogen and oxygen atoms in total. The van der Waals surface area contributed by atoms with Gasteiger partial charge >= 0.3 is 0 Å². The van der Waals surface area contributed by atoms with Crippen molar-refractivity contribution in [3.8, 4) is 40.5 Å². The Morgan fingerprint density at radius 1 is 1.00 bits per heavy atom. The van der Waals surface area contributed by atoms with E-state index in [1.807, 2.05) is 36.4 Å². The Labute approximate surface area is 187 Å². The first-order valence-electron chi connectivity index (χ1n) is 9.90. The molecule has 0 unspecified atom stereocenters. The molecule has 3 aromatic carbocycles. The minimum absolute atomic E-state index is 0.0636. The number of anilines is 1. The first-order chi connectivity index (χ1) is 16.1. The average molecular weight is 436 g/mol. The minimum Gasteiger partial charge on any atom is -0.497 e. The molecule has 2 heterocycles. The molecule has 0 radical (unpaired) electrons. The highest BCUT2D eigenvalue weighted by atomic mass is 16.5. The molecule has 160 valence electrons. The molecule has 0 fully saturated rings. The molecule has 2 N–H and O–H groups in total. The van der Waals surface area contributed by atoms with Crippen LogP contribution in [0.1, 0.15) is 5.56 Å². The molecule has 0 saturated carbocycles. The zero-order valence-electron chi connectivity index (χ0n) is 17.4. The number of methoxy groups -OCH3 is 1. The van der Waals surface area contributed by atoms with Gasteiger partial charge in [-0.1, -0.05) is 24.3 Å². The summed E-state index contributed by atoms with van der Waals surface area (Å²) in [7, 11) is 1.55. The molecule has 5 aromatic rings. The van der Waals surface area contributed by atoms with Crippen LogP contribution in [0, 0.1) is 11.3 Å². The number of nitriles is 1. The van der Waals surface area contributed by atoms with Crippen molar-refractivity contribution in [3.05, 3.63) is 82.6 Å². The van der Waals surface area contributed by atoms with E-state index in [2.05, 4.69) is 15.3 Å². The third-order valence-corrected chi connectivity index (χ3v) is 5.19. The summed E-state index contributed by atoms with van der Waals surface area (Å²) in [6.07, 6.45) is 0. The number of rotatable bonds is 4. The maximum Gasteiger partial charge on any atom is 0.281 e. The number of ether oxygens (including phenoxy) is 1. The predicted molar refractivity (Wildman–Crippen MR) is 122 cm³/mol. The second-order valence-electron chi connectivity index (χ2n) is 7.10. The van der Waals surface area contributed by atoms with Crippen molar-refractivity contribution >= 4 is 16.5 Å². The summed E-state index contributed by atoms with van der Waals surface area (Å²) in [5.41, 5.74) is 7.49. The lowest BCUT2D eigenvalue weighted by molar-refractivity contribution is 0.414. The van der Waals surface area contributed by atoms with Crippen LogP contribution in [0.15, 0.2) is 75.9 Å². The van der Waals surface area contributed by atoms with Crippen LogP contribution in [0.2, 0.25) is 0 Å². The molecular formula is C24H16N6O3. The van der Waals surface area contributed by atoms with Gasteiger partial charge in [-0.3, -0.25) is 4.79 Å². The van der Waals surface area contributed by atoms with Crippen LogP contribution in [0.3, 0.4) is 0 Å². The van der Waals surface area contributed by atoms with E-state index < -0.39 is 5.56 Å². The Bertz CT molecular complexity index is 1580. The predicted octanol–water partition coefficient (Wildman–Crippen LogP) is 3.57. The van der Waals surface area contributed by atoms with Crippen molar-refractivity contribution in [1.29, 1.82) is 5.26 Å². The van der Waals surface area contributed by atoms with Gasteiger partial charge < -0.3 is 14.9 Å². The van der Waals surface area contributed by atoms with Crippen molar-refractivity contribution in [1.82, 2.24) is 20.0 Å². The lowest BCUT2D eigenvalue weighted by Gasteiger charge is -2.11. The summed E-state index contributed by atoms with van der Waals surface area (Å²) >= 11 is 0. The quantitative estimate of drug-likeness (QED) is 0.423. The first-order valence-corrected chi connectivity index (χ1v) is 9.90. The highest BCUT2D eigenvalue weighted by molar-refractivity contribution is 6.01. The van der Waals surface area contributed by atoms with E-state index in [1.54, 1.807) is 37.4 Å². The maximum absolute atomic E-state index is 13.4. The third kappa shape index (κ3) is 3.36. The van der Waals surface area contributed by atoms with Gasteiger partial charge in [-0.25, -0.2) is 0 Å². The zero-order chi connectivity index (χ0) is 22.9. The van der Waals surface area contributed by atoms with E-state index in [0.717, 1.165) is 5.56 Å². The van der Waals surface area contributed by atoms with Crippen LogP contribution < -0.4 is 16.0 Å². The second-order valence-corrected chi connectivity index (χ2v) is 7.10. The summed E-state index contributed by atoms with van der Waals surface area (Å²) < 4.78 is 12.3. The van der Waals surface area contributed by atoms with Crippen molar-refractivity contribution in [3.63, 3.8) is 0 Å². The largest absolute Gasteiger partial charge is 0.497 e. The van der Waals surface area contributed by atoms with E-state index in [9.17, 15) is 10.1 Å². The fourth-order valence-electron chi connectivity index (χ4n) is 3.52. The molecular weight excluding hydrogens is 420 g/mol. The van der Waals surface area contributed by atoms with Gasteiger partial charge in [0, 0.05) is 10.9 Å². The SMILES string of the molecule is COc1ccc(-n2nc(-c3nnc(-c4ccccc4)o3)c3ccc(C#N)c(N)c3c2=O)cc1. The van der Waals surface area contributed by atoms with Gasteiger partial charge in [0.25, 0.3) is 11.4 Å². The zero-order valence-corrected chi connectivity index (χ0v) is 17.4. The Morgan fingerprint density at radius 2 is 1.73 bits per heavy atom. The van der Waals surface area contributed by atoms with Gasteiger partial charge in [0.15, 0.2) is 5.69 Å². The van der Waals surface area contributed by atoms with E-state index in [1.165, 1.54) is 10.7 Å². The number of nitrogens with two attached hydrogens (primary N) is 1. The molecule has 0 amide bonds. The molecule has 9 heteroatoms. The molecule has 0 aliphatic rings. The Morgan fingerprint density at radius 3 is 2.42 bits per heavy atom. The highest BCUT2D eigenvalue weighted by Gasteiger charge is 2.21. The van der Waals surface area contributed by atoms with Gasteiger partial charge in [-0.2, -0.15) is 15.0 Å². The number of aromatic nitrogens is 4. The number of fused-ring (bicyclic) bond motifs is 1. The normalized spacial score (nSPS) is 10.8. The smallest absolute Gasteiger partial charge is 0.281 e. The van der Waals surface area contributed by atoms with E-state index in [-0.39, 0.29) is 28.2 Å². The van der Waals surface area contributed by atoms with Crippen LogP contribution in [-0.4, -0.2) is 27.1 Å². The summed E-state index contributed by atoms with van der Waals surface area (Å²) in [6, 6.07) is 21.3. The summed E-state index contributed by atoms with van der Waals surface area (Å²) in [5.74, 6) is 1.05. The van der Waals surface area contributed by atoms with E-state index in [0.29, 0.717) is 22.7 Å². The lowest BCUT2D eigenvalue weighted by Crippen LogP contribution is -2.23. The van der Waals surface area contributed by atoms with Gasteiger partial charge in [0.2, 0.25) is 5.89 Å². The third-order valence-electron chi connectivity index (χ3n) is 5.19. The van der Waals surface area contributed by atoms with Crippen LogP contribution >= 0.6 is 0 Å². The lowest BCUT2D eigenvalue weighted by atomic mass is 10.0. The van der Waals surface area contributed by atoms with Crippen LogP contribution in [0.25, 0.3) is 39.5 Å².